The predicted octanol–water partition coefficient (Wildman–Crippen LogP) is 4.09. The van der Waals surface area contributed by atoms with E-state index in [2.05, 4.69) is 63.2 Å². The van der Waals surface area contributed by atoms with Gasteiger partial charge in [0.2, 0.25) is 0 Å². The third-order valence-corrected chi connectivity index (χ3v) is 3.74. The zero-order valence-electron chi connectivity index (χ0n) is 12.1. The molecule has 2 aromatic rings. The molecule has 0 saturated carbocycles. The topological polar surface area (TPSA) is 26.0 Å². The molecular formula is C18H23N. The molecule has 1 unspecified atom stereocenters. The van der Waals surface area contributed by atoms with Crippen molar-refractivity contribution in [1.29, 1.82) is 0 Å². The lowest BCUT2D eigenvalue weighted by Gasteiger charge is -2.22. The van der Waals surface area contributed by atoms with E-state index in [4.69, 9.17) is 5.73 Å². The van der Waals surface area contributed by atoms with Crippen molar-refractivity contribution in [2.75, 3.05) is 6.54 Å². The van der Waals surface area contributed by atoms with Crippen LogP contribution >= 0.6 is 0 Å². The van der Waals surface area contributed by atoms with Crippen LogP contribution < -0.4 is 5.73 Å². The van der Waals surface area contributed by atoms with Gasteiger partial charge in [0.15, 0.2) is 0 Å². The first kappa shape index (κ1) is 13.8. The van der Waals surface area contributed by atoms with E-state index in [0.717, 1.165) is 6.42 Å². The monoisotopic (exact) mass is 253 g/mol. The van der Waals surface area contributed by atoms with Crippen molar-refractivity contribution in [3.8, 4) is 0 Å². The van der Waals surface area contributed by atoms with Crippen molar-refractivity contribution in [1.82, 2.24) is 0 Å². The molecular weight excluding hydrogens is 230 g/mol. The second-order valence-corrected chi connectivity index (χ2v) is 5.35. The second-order valence-electron chi connectivity index (χ2n) is 5.35. The van der Waals surface area contributed by atoms with Gasteiger partial charge in [-0.05, 0) is 56.0 Å². The van der Waals surface area contributed by atoms with Crippen LogP contribution in [0, 0.1) is 20.8 Å². The van der Waals surface area contributed by atoms with Crippen LogP contribution in [0.25, 0.3) is 0 Å². The molecule has 0 aromatic heterocycles. The second kappa shape index (κ2) is 6.03. The molecule has 0 aliphatic heterocycles. The molecule has 19 heavy (non-hydrogen) atoms. The van der Waals surface area contributed by atoms with E-state index in [9.17, 15) is 0 Å². The summed E-state index contributed by atoms with van der Waals surface area (Å²) in [6.45, 7) is 7.29. The van der Waals surface area contributed by atoms with E-state index in [1.165, 1.54) is 27.8 Å². The summed E-state index contributed by atoms with van der Waals surface area (Å²) in [5, 5.41) is 0. The highest BCUT2D eigenvalue weighted by Crippen LogP contribution is 2.32. The Morgan fingerprint density at radius 1 is 0.947 bits per heavy atom. The highest BCUT2D eigenvalue weighted by molar-refractivity contribution is 5.44. The average molecular weight is 253 g/mol. The maximum atomic E-state index is 5.83. The van der Waals surface area contributed by atoms with Gasteiger partial charge < -0.3 is 5.73 Å². The molecule has 100 valence electrons. The zero-order valence-corrected chi connectivity index (χ0v) is 12.1. The number of hydrogen-bond donors (Lipinski definition) is 1. The van der Waals surface area contributed by atoms with Gasteiger partial charge in [0.05, 0.1) is 0 Å². The minimum absolute atomic E-state index is 0.409. The van der Waals surface area contributed by atoms with E-state index < -0.39 is 0 Å². The van der Waals surface area contributed by atoms with Gasteiger partial charge in [0.1, 0.15) is 0 Å². The molecule has 0 bridgehead atoms. The van der Waals surface area contributed by atoms with Crippen LogP contribution in [-0.2, 0) is 0 Å². The zero-order chi connectivity index (χ0) is 13.8. The van der Waals surface area contributed by atoms with Crippen LogP contribution in [0.5, 0.6) is 0 Å². The van der Waals surface area contributed by atoms with Crippen molar-refractivity contribution >= 4 is 0 Å². The van der Waals surface area contributed by atoms with Gasteiger partial charge in [0, 0.05) is 5.92 Å². The molecule has 2 aromatic carbocycles. The molecule has 2 rings (SSSR count). The van der Waals surface area contributed by atoms with E-state index in [-0.39, 0.29) is 0 Å². The molecule has 0 radical (unpaired) electrons. The Hall–Kier alpha value is -1.60. The Morgan fingerprint density at radius 3 is 2.05 bits per heavy atom. The van der Waals surface area contributed by atoms with Gasteiger partial charge in [-0.1, -0.05) is 48.0 Å². The number of rotatable bonds is 4. The molecule has 0 spiro atoms. The fourth-order valence-corrected chi connectivity index (χ4v) is 3.07. The number of nitrogens with two attached hydrogens (primary N) is 1. The Labute approximate surface area is 116 Å². The first-order valence-electron chi connectivity index (χ1n) is 6.96. The molecule has 0 heterocycles. The standard InChI is InChI=1S/C18H23N/c1-13-11-14(2)18(15(3)12-13)17(9-10-19)16-7-5-4-6-8-16/h4-8,11-12,17H,9-10,19H2,1-3H3. The van der Waals surface area contributed by atoms with Crippen molar-refractivity contribution in [2.45, 2.75) is 33.1 Å². The Balaban J connectivity index is 2.51. The molecule has 0 fully saturated rings. The summed E-state index contributed by atoms with van der Waals surface area (Å²) in [5.74, 6) is 0.409. The molecule has 0 aliphatic rings. The summed E-state index contributed by atoms with van der Waals surface area (Å²) in [6, 6.07) is 15.2. The smallest absolute Gasteiger partial charge is 0.0107 e. The third kappa shape index (κ3) is 3.05. The lowest BCUT2D eigenvalue weighted by Crippen LogP contribution is -2.11. The van der Waals surface area contributed by atoms with Gasteiger partial charge in [0.25, 0.3) is 0 Å². The van der Waals surface area contributed by atoms with Crippen LogP contribution in [0.15, 0.2) is 42.5 Å². The maximum absolute atomic E-state index is 5.83. The van der Waals surface area contributed by atoms with E-state index in [1.807, 2.05) is 0 Å². The van der Waals surface area contributed by atoms with E-state index in [1.54, 1.807) is 0 Å². The van der Waals surface area contributed by atoms with Crippen LogP contribution in [0.4, 0.5) is 0 Å². The van der Waals surface area contributed by atoms with Gasteiger partial charge in [-0.25, -0.2) is 0 Å². The lowest BCUT2D eigenvalue weighted by molar-refractivity contribution is 0.717. The number of aryl methyl sites for hydroxylation is 3. The first-order chi connectivity index (χ1) is 9.13. The number of benzene rings is 2. The van der Waals surface area contributed by atoms with Crippen molar-refractivity contribution in [2.24, 2.45) is 5.73 Å². The molecule has 0 aliphatic carbocycles. The maximum Gasteiger partial charge on any atom is 0.0107 e. The summed E-state index contributed by atoms with van der Waals surface area (Å²) in [7, 11) is 0. The summed E-state index contributed by atoms with van der Waals surface area (Å²) in [4.78, 5) is 0. The minimum atomic E-state index is 0.409. The minimum Gasteiger partial charge on any atom is -0.330 e. The van der Waals surface area contributed by atoms with Crippen molar-refractivity contribution in [3.05, 3.63) is 70.3 Å². The normalized spacial score (nSPS) is 12.4. The third-order valence-electron chi connectivity index (χ3n) is 3.74. The van der Waals surface area contributed by atoms with Crippen molar-refractivity contribution in [3.63, 3.8) is 0 Å². The van der Waals surface area contributed by atoms with Crippen LogP contribution in [0.2, 0.25) is 0 Å². The van der Waals surface area contributed by atoms with E-state index in [0.29, 0.717) is 12.5 Å². The molecule has 0 saturated heterocycles. The molecule has 0 amide bonds. The molecule has 2 N–H and O–H groups in total. The molecule has 1 nitrogen and oxygen atoms in total. The quantitative estimate of drug-likeness (QED) is 0.872. The van der Waals surface area contributed by atoms with Crippen LogP contribution in [0.3, 0.4) is 0 Å². The summed E-state index contributed by atoms with van der Waals surface area (Å²) in [6.07, 6.45) is 0.995. The predicted molar refractivity (Wildman–Crippen MR) is 82.6 cm³/mol. The summed E-state index contributed by atoms with van der Waals surface area (Å²) < 4.78 is 0. The fraction of sp³-hybridized carbons (Fsp3) is 0.333. The first-order valence-corrected chi connectivity index (χ1v) is 6.96. The van der Waals surface area contributed by atoms with Gasteiger partial charge >= 0.3 is 0 Å². The Morgan fingerprint density at radius 2 is 1.53 bits per heavy atom. The van der Waals surface area contributed by atoms with E-state index >= 15 is 0 Å². The SMILES string of the molecule is Cc1cc(C)c(C(CCN)c2ccccc2)c(C)c1. The Bertz CT molecular complexity index is 520. The van der Waals surface area contributed by atoms with Crippen molar-refractivity contribution < 1.29 is 0 Å². The van der Waals surface area contributed by atoms with Gasteiger partial charge in [-0.3, -0.25) is 0 Å². The van der Waals surface area contributed by atoms with Gasteiger partial charge in [-0.15, -0.1) is 0 Å². The fourth-order valence-electron chi connectivity index (χ4n) is 3.07. The molecule has 1 atom stereocenters. The van der Waals surface area contributed by atoms with Crippen LogP contribution in [0.1, 0.15) is 40.2 Å². The summed E-state index contributed by atoms with van der Waals surface area (Å²) >= 11 is 0. The molecule has 1 heteroatoms. The largest absolute Gasteiger partial charge is 0.330 e. The summed E-state index contributed by atoms with van der Waals surface area (Å²) in [5.41, 5.74) is 12.7. The lowest BCUT2D eigenvalue weighted by atomic mass is 9.83. The van der Waals surface area contributed by atoms with Gasteiger partial charge in [-0.2, -0.15) is 0 Å². The Kier molecular flexibility index (Phi) is 4.39. The average Bonchev–Trinajstić information content (AvgIpc) is 2.37. The van der Waals surface area contributed by atoms with Crippen LogP contribution in [-0.4, -0.2) is 6.54 Å². The highest BCUT2D eigenvalue weighted by atomic mass is 14.5. The number of hydrogen-bond acceptors (Lipinski definition) is 1. The highest BCUT2D eigenvalue weighted by Gasteiger charge is 2.17.